The molecule has 0 bridgehead atoms. The van der Waals surface area contributed by atoms with E-state index in [0.717, 1.165) is 19.3 Å². The molecule has 5 heteroatoms. The van der Waals surface area contributed by atoms with E-state index in [4.69, 9.17) is 15.2 Å². The average Bonchev–Trinajstić information content (AvgIpc) is 2.40. The fourth-order valence-corrected chi connectivity index (χ4v) is 1.76. The van der Waals surface area contributed by atoms with Crippen LogP contribution in [0.25, 0.3) is 0 Å². The lowest BCUT2D eigenvalue weighted by molar-refractivity contribution is -0.131. The van der Waals surface area contributed by atoms with Crippen LogP contribution in [0.3, 0.4) is 0 Å². The summed E-state index contributed by atoms with van der Waals surface area (Å²) in [6, 6.07) is 0. The first-order valence-electron chi connectivity index (χ1n) is 6.72. The molecule has 0 rings (SSSR count). The third-order valence-corrected chi connectivity index (χ3v) is 3.41. The van der Waals surface area contributed by atoms with E-state index < -0.39 is 5.41 Å². The molecule has 0 aromatic rings. The van der Waals surface area contributed by atoms with Crippen LogP contribution in [-0.2, 0) is 14.3 Å². The van der Waals surface area contributed by atoms with Gasteiger partial charge in [-0.15, -0.1) is 0 Å². The van der Waals surface area contributed by atoms with E-state index in [-0.39, 0.29) is 5.91 Å². The Bertz CT molecular complexity index is 210. The number of hydrogen-bond donors (Lipinski definition) is 2. The van der Waals surface area contributed by atoms with E-state index in [0.29, 0.717) is 32.9 Å². The van der Waals surface area contributed by atoms with E-state index in [9.17, 15) is 4.79 Å². The quantitative estimate of drug-likeness (QED) is 0.542. The Morgan fingerprint density at radius 1 is 1.22 bits per heavy atom. The molecule has 18 heavy (non-hydrogen) atoms. The Kier molecular flexibility index (Phi) is 9.92. The van der Waals surface area contributed by atoms with Crippen LogP contribution in [0.4, 0.5) is 0 Å². The minimum Gasteiger partial charge on any atom is -0.382 e. The summed E-state index contributed by atoms with van der Waals surface area (Å²) >= 11 is 0. The van der Waals surface area contributed by atoms with E-state index in [1.807, 2.05) is 13.8 Å². The maximum atomic E-state index is 12.0. The lowest BCUT2D eigenvalue weighted by atomic mass is 9.81. The maximum absolute atomic E-state index is 12.0. The lowest BCUT2D eigenvalue weighted by Crippen LogP contribution is -2.45. The number of ether oxygens (including phenoxy) is 2. The van der Waals surface area contributed by atoms with Crippen LogP contribution in [0.15, 0.2) is 0 Å². The van der Waals surface area contributed by atoms with E-state index in [1.54, 1.807) is 7.11 Å². The second-order valence-electron chi connectivity index (χ2n) is 4.41. The van der Waals surface area contributed by atoms with Gasteiger partial charge in [0.15, 0.2) is 0 Å². The zero-order valence-corrected chi connectivity index (χ0v) is 12.0. The van der Waals surface area contributed by atoms with Gasteiger partial charge in [-0.2, -0.15) is 0 Å². The number of nitrogens with one attached hydrogen (secondary N) is 1. The van der Waals surface area contributed by atoms with Crippen molar-refractivity contribution in [1.82, 2.24) is 5.32 Å². The fourth-order valence-electron chi connectivity index (χ4n) is 1.76. The smallest absolute Gasteiger partial charge is 0.227 e. The molecule has 0 fully saturated rings. The van der Waals surface area contributed by atoms with Crippen molar-refractivity contribution in [3.05, 3.63) is 0 Å². The molecule has 0 saturated heterocycles. The minimum atomic E-state index is -0.406. The Morgan fingerprint density at radius 2 is 1.89 bits per heavy atom. The summed E-state index contributed by atoms with van der Waals surface area (Å²) in [5.41, 5.74) is 5.31. The van der Waals surface area contributed by atoms with Crippen molar-refractivity contribution in [3.8, 4) is 0 Å². The summed E-state index contributed by atoms with van der Waals surface area (Å²) in [5, 5.41) is 2.94. The van der Waals surface area contributed by atoms with Gasteiger partial charge in [-0.1, -0.05) is 13.8 Å². The molecule has 0 aromatic carbocycles. The topological polar surface area (TPSA) is 73.6 Å². The molecule has 108 valence electrons. The van der Waals surface area contributed by atoms with Crippen molar-refractivity contribution in [2.24, 2.45) is 11.1 Å². The van der Waals surface area contributed by atoms with Crippen molar-refractivity contribution in [3.63, 3.8) is 0 Å². The van der Waals surface area contributed by atoms with Crippen LogP contribution < -0.4 is 11.1 Å². The monoisotopic (exact) mass is 260 g/mol. The first-order chi connectivity index (χ1) is 8.66. The van der Waals surface area contributed by atoms with Gasteiger partial charge in [0, 0.05) is 26.8 Å². The number of carbonyl (C=O) groups is 1. The average molecular weight is 260 g/mol. The van der Waals surface area contributed by atoms with E-state index >= 15 is 0 Å². The van der Waals surface area contributed by atoms with Gasteiger partial charge in [-0.25, -0.2) is 0 Å². The largest absolute Gasteiger partial charge is 0.382 e. The van der Waals surface area contributed by atoms with E-state index in [1.165, 1.54) is 0 Å². The third-order valence-electron chi connectivity index (χ3n) is 3.41. The van der Waals surface area contributed by atoms with Gasteiger partial charge in [0.05, 0.1) is 18.6 Å². The van der Waals surface area contributed by atoms with Crippen molar-refractivity contribution in [1.29, 1.82) is 0 Å². The molecule has 3 N–H and O–H groups in total. The number of amides is 1. The normalized spacial score (nSPS) is 11.6. The SMILES string of the molecule is CCC(CC)(CN)C(=O)NCCCOCCOC. The highest BCUT2D eigenvalue weighted by Crippen LogP contribution is 2.24. The molecule has 0 spiro atoms. The molecule has 1 amide bonds. The standard InChI is InChI=1S/C13H28N2O3/c1-4-13(5-2,11-14)12(16)15-7-6-8-18-10-9-17-3/h4-11,14H2,1-3H3,(H,15,16). The molecule has 0 atom stereocenters. The Hall–Kier alpha value is -0.650. The lowest BCUT2D eigenvalue weighted by Gasteiger charge is -2.28. The van der Waals surface area contributed by atoms with Gasteiger partial charge < -0.3 is 20.5 Å². The molecule has 0 radical (unpaired) electrons. The number of carbonyl (C=O) groups excluding carboxylic acids is 1. The number of hydrogen-bond acceptors (Lipinski definition) is 4. The maximum Gasteiger partial charge on any atom is 0.227 e. The van der Waals surface area contributed by atoms with Gasteiger partial charge in [-0.3, -0.25) is 4.79 Å². The summed E-state index contributed by atoms with van der Waals surface area (Å²) in [7, 11) is 1.64. The zero-order chi connectivity index (χ0) is 13.9. The van der Waals surface area contributed by atoms with Gasteiger partial charge >= 0.3 is 0 Å². The number of rotatable bonds is 11. The molecular formula is C13H28N2O3. The number of nitrogens with two attached hydrogens (primary N) is 1. The van der Waals surface area contributed by atoms with Crippen molar-refractivity contribution in [2.45, 2.75) is 33.1 Å². The Balaban J connectivity index is 3.75. The van der Waals surface area contributed by atoms with Crippen molar-refractivity contribution < 1.29 is 14.3 Å². The first-order valence-corrected chi connectivity index (χ1v) is 6.72. The van der Waals surface area contributed by atoms with Gasteiger partial charge in [0.25, 0.3) is 0 Å². The second-order valence-corrected chi connectivity index (χ2v) is 4.41. The van der Waals surface area contributed by atoms with Crippen molar-refractivity contribution in [2.75, 3.05) is 40.0 Å². The van der Waals surface area contributed by atoms with Gasteiger partial charge in [0.1, 0.15) is 0 Å². The highest BCUT2D eigenvalue weighted by molar-refractivity contribution is 5.82. The zero-order valence-electron chi connectivity index (χ0n) is 12.0. The molecule has 0 saturated carbocycles. The van der Waals surface area contributed by atoms with Crippen LogP contribution in [0, 0.1) is 5.41 Å². The second kappa shape index (κ2) is 10.3. The predicted molar refractivity (Wildman–Crippen MR) is 72.4 cm³/mol. The highest BCUT2D eigenvalue weighted by Gasteiger charge is 2.32. The van der Waals surface area contributed by atoms with Crippen LogP contribution in [0.1, 0.15) is 33.1 Å². The predicted octanol–water partition coefficient (Wildman–Crippen LogP) is 0.921. The summed E-state index contributed by atoms with van der Waals surface area (Å²) in [5.74, 6) is 0.0619. The van der Waals surface area contributed by atoms with Gasteiger partial charge in [0.2, 0.25) is 5.91 Å². The van der Waals surface area contributed by atoms with Crippen LogP contribution in [0.2, 0.25) is 0 Å². The van der Waals surface area contributed by atoms with Crippen LogP contribution in [-0.4, -0.2) is 45.9 Å². The molecule has 0 aliphatic heterocycles. The summed E-state index contributed by atoms with van der Waals surface area (Å²) < 4.78 is 10.2. The molecule has 0 heterocycles. The number of methoxy groups -OCH3 is 1. The molecule has 0 aromatic heterocycles. The molecular weight excluding hydrogens is 232 g/mol. The first kappa shape index (κ1) is 17.4. The molecule has 0 aliphatic rings. The summed E-state index contributed by atoms with van der Waals surface area (Å²) in [4.78, 5) is 12.0. The van der Waals surface area contributed by atoms with Crippen molar-refractivity contribution >= 4 is 5.91 Å². The van der Waals surface area contributed by atoms with E-state index in [2.05, 4.69) is 5.32 Å². The summed E-state index contributed by atoms with van der Waals surface area (Å²) in [6.45, 7) is 6.88. The van der Waals surface area contributed by atoms with Gasteiger partial charge in [-0.05, 0) is 19.3 Å². The third kappa shape index (κ3) is 5.80. The summed E-state index contributed by atoms with van der Waals surface area (Å²) in [6.07, 6.45) is 2.36. The molecule has 0 unspecified atom stereocenters. The Labute approximate surface area is 110 Å². The molecule has 0 aliphatic carbocycles. The van der Waals surface area contributed by atoms with Crippen LogP contribution in [0.5, 0.6) is 0 Å². The Morgan fingerprint density at radius 3 is 2.39 bits per heavy atom. The highest BCUT2D eigenvalue weighted by atomic mass is 16.5. The minimum absolute atomic E-state index is 0.0619. The fraction of sp³-hybridized carbons (Fsp3) is 0.923. The molecule has 5 nitrogen and oxygen atoms in total. The van der Waals surface area contributed by atoms with Crippen LogP contribution >= 0.6 is 0 Å².